The number of fused-ring (bicyclic) bond motifs is 1. The van der Waals surface area contributed by atoms with E-state index in [-0.39, 0.29) is 6.42 Å². The van der Waals surface area contributed by atoms with Crippen LogP contribution < -0.4 is 4.72 Å². The maximum Gasteiger partial charge on any atom is 0.389 e. The molecule has 0 radical (unpaired) electrons. The molecule has 1 N–H and O–H groups in total. The highest BCUT2D eigenvalue weighted by molar-refractivity contribution is 7.90. The number of aryl methyl sites for hydroxylation is 1. The van der Waals surface area contributed by atoms with Crippen LogP contribution in [-0.4, -0.2) is 31.2 Å². The Morgan fingerprint density at radius 2 is 1.96 bits per heavy atom. The van der Waals surface area contributed by atoms with Crippen LogP contribution >= 0.6 is 0 Å². The van der Waals surface area contributed by atoms with Gasteiger partial charge in [-0.2, -0.15) is 13.2 Å². The van der Waals surface area contributed by atoms with Gasteiger partial charge in [0.05, 0.1) is 11.3 Å². The number of benzene rings is 1. The number of amides is 1. The van der Waals surface area contributed by atoms with Gasteiger partial charge in [-0.3, -0.25) is 14.5 Å². The van der Waals surface area contributed by atoms with Gasteiger partial charge in [0.1, 0.15) is 0 Å². The van der Waals surface area contributed by atoms with Crippen molar-refractivity contribution >= 4 is 26.8 Å². The summed E-state index contributed by atoms with van der Waals surface area (Å²) in [4.78, 5) is 15.9. The molecule has 0 saturated carbocycles. The number of carbonyl (C=O) groups is 1. The van der Waals surface area contributed by atoms with Gasteiger partial charge < -0.3 is 0 Å². The average molecular weight is 374 g/mol. The molecule has 0 aliphatic carbocycles. The fourth-order valence-corrected chi connectivity index (χ4v) is 3.34. The maximum atomic E-state index is 12.0. The van der Waals surface area contributed by atoms with Crippen LogP contribution in [0.2, 0.25) is 0 Å². The summed E-state index contributed by atoms with van der Waals surface area (Å²) in [5.74, 6) is -1.48. The van der Waals surface area contributed by atoms with Crippen molar-refractivity contribution in [2.24, 2.45) is 0 Å². The van der Waals surface area contributed by atoms with E-state index in [1.165, 1.54) is 0 Å². The molecule has 0 aliphatic heterocycles. The predicted molar refractivity (Wildman–Crippen MR) is 87.3 cm³/mol. The summed E-state index contributed by atoms with van der Waals surface area (Å²) in [6, 6.07) is 9.17. The van der Waals surface area contributed by atoms with E-state index < -0.39 is 40.7 Å². The Morgan fingerprint density at radius 1 is 1.20 bits per heavy atom. The molecule has 1 heterocycles. The third-order valence-electron chi connectivity index (χ3n) is 3.45. The minimum atomic E-state index is -4.41. The largest absolute Gasteiger partial charge is 0.389 e. The summed E-state index contributed by atoms with van der Waals surface area (Å²) in [5, 5.41) is 0.947. The van der Waals surface area contributed by atoms with Crippen LogP contribution in [0.5, 0.6) is 0 Å². The number of nitrogens with one attached hydrogen (secondary N) is 1. The lowest BCUT2D eigenvalue weighted by molar-refractivity contribution is -0.134. The normalized spacial score (nSPS) is 12.3. The second-order valence-corrected chi connectivity index (χ2v) is 7.44. The highest BCUT2D eigenvalue weighted by Crippen LogP contribution is 2.21. The lowest BCUT2D eigenvalue weighted by Gasteiger charge is -2.08. The Labute approximate surface area is 143 Å². The Bertz CT molecular complexity index is 851. The van der Waals surface area contributed by atoms with Crippen LogP contribution in [-0.2, 0) is 21.2 Å². The van der Waals surface area contributed by atoms with Crippen molar-refractivity contribution in [1.82, 2.24) is 9.71 Å². The molecule has 0 saturated heterocycles. The summed E-state index contributed by atoms with van der Waals surface area (Å²) < 4.78 is 61.1. The molecule has 2 aromatic rings. The van der Waals surface area contributed by atoms with Crippen LogP contribution in [0.4, 0.5) is 13.2 Å². The third kappa shape index (κ3) is 6.69. The van der Waals surface area contributed by atoms with Gasteiger partial charge in [-0.05, 0) is 30.5 Å². The Hall–Kier alpha value is -2.16. The highest BCUT2D eigenvalue weighted by atomic mass is 32.2. The topological polar surface area (TPSA) is 76.1 Å². The van der Waals surface area contributed by atoms with Gasteiger partial charge in [-0.25, -0.2) is 8.42 Å². The Balaban J connectivity index is 1.84. The Morgan fingerprint density at radius 3 is 2.68 bits per heavy atom. The van der Waals surface area contributed by atoms with E-state index >= 15 is 0 Å². The fourth-order valence-electron chi connectivity index (χ4n) is 2.26. The molecule has 5 nitrogen and oxygen atoms in total. The van der Waals surface area contributed by atoms with Gasteiger partial charge in [0, 0.05) is 24.4 Å². The van der Waals surface area contributed by atoms with Crippen LogP contribution in [0.1, 0.15) is 24.8 Å². The van der Waals surface area contributed by atoms with Crippen molar-refractivity contribution in [2.45, 2.75) is 31.9 Å². The van der Waals surface area contributed by atoms with Gasteiger partial charge in [-0.15, -0.1) is 0 Å². The van der Waals surface area contributed by atoms with Crippen LogP contribution in [0.15, 0.2) is 36.5 Å². The number of rotatable bonds is 7. The molecule has 0 atom stereocenters. The van der Waals surface area contributed by atoms with E-state index in [0.29, 0.717) is 6.42 Å². The highest BCUT2D eigenvalue weighted by Gasteiger charge is 2.27. The number of sulfonamides is 1. The molecule has 0 aliphatic rings. The molecule has 2 rings (SSSR count). The summed E-state index contributed by atoms with van der Waals surface area (Å²) >= 11 is 0. The van der Waals surface area contributed by atoms with Gasteiger partial charge in [-0.1, -0.05) is 18.2 Å². The SMILES string of the molecule is O=C(CCc1ccc2cccnc2c1)NS(=O)(=O)CCCC(F)(F)F. The number of hydrogen-bond donors (Lipinski definition) is 1. The number of hydrogen-bond acceptors (Lipinski definition) is 4. The van der Waals surface area contributed by atoms with Crippen molar-refractivity contribution in [2.75, 3.05) is 5.75 Å². The zero-order chi connectivity index (χ0) is 18.5. The monoisotopic (exact) mass is 374 g/mol. The van der Waals surface area contributed by atoms with Crippen molar-refractivity contribution in [3.63, 3.8) is 0 Å². The van der Waals surface area contributed by atoms with Crippen LogP contribution in [0, 0.1) is 0 Å². The molecule has 25 heavy (non-hydrogen) atoms. The van der Waals surface area contributed by atoms with Crippen LogP contribution in [0.3, 0.4) is 0 Å². The molecule has 1 aromatic heterocycles. The summed E-state index contributed by atoms with van der Waals surface area (Å²) in [7, 11) is -4.05. The molecule has 0 spiro atoms. The van der Waals surface area contributed by atoms with Crippen LogP contribution in [0.25, 0.3) is 10.9 Å². The maximum absolute atomic E-state index is 12.0. The second-order valence-electron chi connectivity index (χ2n) is 5.59. The summed E-state index contributed by atoms with van der Waals surface area (Å²) in [6.45, 7) is 0. The molecule has 0 bridgehead atoms. The van der Waals surface area contributed by atoms with E-state index in [0.717, 1.165) is 16.5 Å². The van der Waals surface area contributed by atoms with Crippen molar-refractivity contribution in [1.29, 1.82) is 0 Å². The van der Waals surface area contributed by atoms with Gasteiger partial charge in [0.25, 0.3) is 0 Å². The quantitative estimate of drug-likeness (QED) is 0.808. The molecular formula is C16H17F3N2O3S. The van der Waals surface area contributed by atoms with E-state index in [1.807, 2.05) is 18.2 Å². The van der Waals surface area contributed by atoms with Crippen molar-refractivity contribution in [3.8, 4) is 0 Å². The lowest BCUT2D eigenvalue weighted by atomic mass is 10.1. The van der Waals surface area contributed by atoms with E-state index in [2.05, 4.69) is 4.98 Å². The standard InChI is InChI=1S/C16H17F3N2O3S/c17-16(18,19)8-2-10-25(23,24)21-15(22)7-5-12-4-6-13-3-1-9-20-14(13)11-12/h1,3-4,6,9,11H,2,5,7-8,10H2,(H,21,22). The number of halogens is 3. The molecule has 1 aromatic carbocycles. The first-order valence-electron chi connectivity index (χ1n) is 7.58. The predicted octanol–water partition coefficient (Wildman–Crippen LogP) is 2.96. The lowest BCUT2D eigenvalue weighted by Crippen LogP contribution is -2.33. The zero-order valence-corrected chi connectivity index (χ0v) is 14.0. The first-order valence-corrected chi connectivity index (χ1v) is 9.24. The summed E-state index contributed by atoms with van der Waals surface area (Å²) in [6.07, 6.45) is -4.34. The molecule has 0 unspecified atom stereocenters. The van der Waals surface area contributed by atoms with Gasteiger partial charge in [0.2, 0.25) is 15.9 Å². The first-order chi connectivity index (χ1) is 11.6. The van der Waals surface area contributed by atoms with Crippen molar-refractivity contribution in [3.05, 3.63) is 42.1 Å². The van der Waals surface area contributed by atoms with E-state index in [1.54, 1.807) is 23.1 Å². The number of nitrogens with zero attached hydrogens (tertiary/aromatic N) is 1. The summed E-state index contributed by atoms with van der Waals surface area (Å²) in [5.41, 5.74) is 1.58. The molecule has 136 valence electrons. The number of carbonyl (C=O) groups excluding carboxylic acids is 1. The average Bonchev–Trinajstić information content (AvgIpc) is 2.50. The van der Waals surface area contributed by atoms with Crippen molar-refractivity contribution < 1.29 is 26.4 Å². The molecule has 1 amide bonds. The van der Waals surface area contributed by atoms with Gasteiger partial charge in [0.15, 0.2) is 0 Å². The zero-order valence-electron chi connectivity index (χ0n) is 13.2. The minimum Gasteiger partial charge on any atom is -0.274 e. The van der Waals surface area contributed by atoms with Gasteiger partial charge >= 0.3 is 6.18 Å². The number of pyridine rings is 1. The third-order valence-corrected chi connectivity index (χ3v) is 4.82. The smallest absolute Gasteiger partial charge is 0.274 e. The first kappa shape index (κ1) is 19.2. The number of aromatic nitrogens is 1. The molecule has 0 fully saturated rings. The minimum absolute atomic E-state index is 0.0865. The Kier molecular flexibility index (Phi) is 5.99. The number of alkyl halides is 3. The van der Waals surface area contributed by atoms with E-state index in [9.17, 15) is 26.4 Å². The fraction of sp³-hybridized carbons (Fsp3) is 0.375. The molecule has 9 heteroatoms. The second kappa shape index (κ2) is 7.81. The van der Waals surface area contributed by atoms with E-state index in [4.69, 9.17) is 0 Å². The molecular weight excluding hydrogens is 357 g/mol.